The van der Waals surface area contributed by atoms with Crippen LogP contribution in [0.2, 0.25) is 0 Å². The second-order valence-electron chi connectivity index (χ2n) is 4.42. The average molecular weight is 318 g/mol. The van der Waals surface area contributed by atoms with E-state index in [9.17, 15) is 4.79 Å². The molecule has 0 saturated carbocycles. The van der Waals surface area contributed by atoms with Crippen LogP contribution in [-0.2, 0) is 24.8 Å². The monoisotopic (exact) mass is 317 g/mol. The number of aryl methyl sites for hydroxylation is 2. The van der Waals surface area contributed by atoms with Crippen LogP contribution in [0.1, 0.15) is 31.2 Å². The van der Waals surface area contributed by atoms with Gasteiger partial charge in [-0.2, -0.15) is 5.10 Å². The molecule has 0 bridgehead atoms. The van der Waals surface area contributed by atoms with Crippen molar-refractivity contribution < 1.29 is 9.90 Å². The topological polar surface area (TPSA) is 58.4 Å². The van der Waals surface area contributed by atoms with Crippen LogP contribution in [0, 0.1) is 0 Å². The molecule has 0 aliphatic heterocycles. The van der Waals surface area contributed by atoms with Gasteiger partial charge in [0.1, 0.15) is 0 Å². The van der Waals surface area contributed by atoms with E-state index in [-0.39, 0.29) is 6.42 Å². The van der Waals surface area contributed by atoms with Gasteiger partial charge in [0.2, 0.25) is 0 Å². The summed E-state index contributed by atoms with van der Waals surface area (Å²) >= 11 is 3.58. The fourth-order valence-electron chi connectivity index (χ4n) is 1.83. The highest BCUT2D eigenvalue weighted by Crippen LogP contribution is 2.22. The molecule has 1 rings (SSSR count). The third kappa shape index (κ3) is 4.10. The first-order valence-corrected chi connectivity index (χ1v) is 6.85. The standard InChI is InChI=1S/C12H20BrN3O2/c1-4-9-12(13)10(16(3)14-9)8-15(2)7-5-6-11(17)18/h4-8H2,1-3H3,(H,17,18). The first-order valence-electron chi connectivity index (χ1n) is 6.06. The average Bonchev–Trinajstić information content (AvgIpc) is 2.56. The summed E-state index contributed by atoms with van der Waals surface area (Å²) in [6.45, 7) is 3.61. The summed E-state index contributed by atoms with van der Waals surface area (Å²) in [4.78, 5) is 12.6. The number of aromatic nitrogens is 2. The van der Waals surface area contributed by atoms with Crippen LogP contribution in [0.25, 0.3) is 0 Å². The number of halogens is 1. The predicted octanol–water partition coefficient (Wildman–Crippen LogP) is 2.04. The van der Waals surface area contributed by atoms with Gasteiger partial charge < -0.3 is 10.0 Å². The molecular formula is C12H20BrN3O2. The van der Waals surface area contributed by atoms with E-state index in [2.05, 4.69) is 32.9 Å². The van der Waals surface area contributed by atoms with Crippen molar-refractivity contribution in [3.05, 3.63) is 15.9 Å². The number of rotatable bonds is 7. The minimum Gasteiger partial charge on any atom is -0.481 e. The van der Waals surface area contributed by atoms with Gasteiger partial charge in [-0.05, 0) is 42.4 Å². The van der Waals surface area contributed by atoms with Crippen molar-refractivity contribution in [1.29, 1.82) is 0 Å². The Hall–Kier alpha value is -0.880. The lowest BCUT2D eigenvalue weighted by Crippen LogP contribution is -2.21. The second kappa shape index (κ2) is 6.89. The molecule has 5 nitrogen and oxygen atoms in total. The minimum absolute atomic E-state index is 0.219. The first kappa shape index (κ1) is 15.2. The van der Waals surface area contributed by atoms with Gasteiger partial charge in [-0.25, -0.2) is 0 Å². The molecule has 0 aromatic carbocycles. The molecule has 1 heterocycles. The highest BCUT2D eigenvalue weighted by molar-refractivity contribution is 9.10. The zero-order chi connectivity index (χ0) is 13.7. The van der Waals surface area contributed by atoms with Crippen LogP contribution in [0.15, 0.2) is 4.47 Å². The molecule has 0 aliphatic carbocycles. The molecule has 0 spiro atoms. The van der Waals surface area contributed by atoms with Crippen LogP contribution in [0.5, 0.6) is 0 Å². The molecule has 1 aromatic heterocycles. The van der Waals surface area contributed by atoms with Crippen LogP contribution in [0.4, 0.5) is 0 Å². The van der Waals surface area contributed by atoms with Crippen LogP contribution in [-0.4, -0.2) is 39.3 Å². The van der Waals surface area contributed by atoms with E-state index in [1.165, 1.54) is 0 Å². The molecule has 0 unspecified atom stereocenters. The predicted molar refractivity (Wildman–Crippen MR) is 73.5 cm³/mol. The molecule has 1 N–H and O–H groups in total. The summed E-state index contributed by atoms with van der Waals surface area (Å²) < 4.78 is 2.95. The van der Waals surface area contributed by atoms with Crippen LogP contribution in [0.3, 0.4) is 0 Å². The van der Waals surface area contributed by atoms with Gasteiger partial charge in [0.15, 0.2) is 0 Å². The number of hydrogen-bond acceptors (Lipinski definition) is 3. The maximum atomic E-state index is 10.4. The van der Waals surface area contributed by atoms with Crippen molar-refractivity contribution >= 4 is 21.9 Å². The van der Waals surface area contributed by atoms with E-state index in [1.807, 2.05) is 18.8 Å². The highest BCUT2D eigenvalue weighted by Gasteiger charge is 2.14. The maximum absolute atomic E-state index is 10.4. The number of carboxylic acid groups (broad SMARTS) is 1. The van der Waals surface area contributed by atoms with Crippen LogP contribution < -0.4 is 0 Å². The molecule has 102 valence electrons. The number of hydrogen-bond donors (Lipinski definition) is 1. The Bertz CT molecular complexity index is 418. The summed E-state index contributed by atoms with van der Waals surface area (Å²) in [5, 5.41) is 13.0. The van der Waals surface area contributed by atoms with Crippen molar-refractivity contribution in [3.8, 4) is 0 Å². The Morgan fingerprint density at radius 1 is 1.56 bits per heavy atom. The Morgan fingerprint density at radius 3 is 2.72 bits per heavy atom. The molecule has 0 aliphatic rings. The molecule has 0 radical (unpaired) electrons. The molecular weight excluding hydrogens is 298 g/mol. The highest BCUT2D eigenvalue weighted by atomic mass is 79.9. The summed E-state index contributed by atoms with van der Waals surface area (Å²) in [7, 11) is 3.93. The summed E-state index contributed by atoms with van der Waals surface area (Å²) in [5.74, 6) is -0.738. The largest absolute Gasteiger partial charge is 0.481 e. The number of carbonyl (C=O) groups is 1. The van der Waals surface area contributed by atoms with Gasteiger partial charge >= 0.3 is 5.97 Å². The van der Waals surface area contributed by atoms with Crippen molar-refractivity contribution in [3.63, 3.8) is 0 Å². The van der Waals surface area contributed by atoms with E-state index >= 15 is 0 Å². The fraction of sp³-hybridized carbons (Fsp3) is 0.667. The van der Waals surface area contributed by atoms with Gasteiger partial charge in [0.25, 0.3) is 0 Å². The SMILES string of the molecule is CCc1nn(C)c(CN(C)CCCC(=O)O)c1Br. The molecule has 18 heavy (non-hydrogen) atoms. The fourth-order valence-corrected chi connectivity index (χ4v) is 2.57. The van der Waals surface area contributed by atoms with Crippen LogP contribution >= 0.6 is 15.9 Å². The Balaban J connectivity index is 2.56. The lowest BCUT2D eigenvalue weighted by Gasteiger charge is -2.16. The van der Waals surface area contributed by atoms with E-state index in [0.717, 1.165) is 35.4 Å². The number of aliphatic carboxylic acids is 1. The van der Waals surface area contributed by atoms with Crippen molar-refractivity contribution in [2.45, 2.75) is 32.7 Å². The normalized spacial score (nSPS) is 11.2. The number of nitrogens with zero attached hydrogens (tertiary/aromatic N) is 3. The maximum Gasteiger partial charge on any atom is 0.303 e. The van der Waals surface area contributed by atoms with E-state index < -0.39 is 5.97 Å². The zero-order valence-corrected chi connectivity index (χ0v) is 12.7. The quantitative estimate of drug-likeness (QED) is 0.836. The van der Waals surface area contributed by atoms with Gasteiger partial charge in [0.05, 0.1) is 15.9 Å². The summed E-state index contributed by atoms with van der Waals surface area (Å²) in [5.41, 5.74) is 2.19. The zero-order valence-electron chi connectivity index (χ0n) is 11.1. The summed E-state index contributed by atoms with van der Waals surface area (Å²) in [6.07, 6.45) is 1.79. The Kier molecular flexibility index (Phi) is 5.81. The third-order valence-corrected chi connectivity index (χ3v) is 3.77. The number of carboxylic acids is 1. The van der Waals surface area contributed by atoms with E-state index in [4.69, 9.17) is 5.11 Å². The Morgan fingerprint density at radius 2 is 2.22 bits per heavy atom. The molecule has 0 fully saturated rings. The minimum atomic E-state index is -0.738. The summed E-state index contributed by atoms with van der Waals surface area (Å²) in [6, 6.07) is 0. The lowest BCUT2D eigenvalue weighted by atomic mass is 10.2. The van der Waals surface area contributed by atoms with Gasteiger partial charge in [-0.15, -0.1) is 0 Å². The van der Waals surface area contributed by atoms with E-state index in [1.54, 1.807) is 0 Å². The smallest absolute Gasteiger partial charge is 0.303 e. The van der Waals surface area contributed by atoms with Crippen molar-refractivity contribution in [1.82, 2.24) is 14.7 Å². The van der Waals surface area contributed by atoms with Crippen molar-refractivity contribution in [2.24, 2.45) is 7.05 Å². The third-order valence-electron chi connectivity index (χ3n) is 2.85. The second-order valence-corrected chi connectivity index (χ2v) is 5.21. The molecule has 1 aromatic rings. The Labute approximate surface area is 116 Å². The van der Waals surface area contributed by atoms with Gasteiger partial charge in [-0.1, -0.05) is 6.92 Å². The van der Waals surface area contributed by atoms with E-state index in [0.29, 0.717) is 6.42 Å². The molecule has 0 saturated heterocycles. The van der Waals surface area contributed by atoms with Gasteiger partial charge in [0, 0.05) is 20.0 Å². The lowest BCUT2D eigenvalue weighted by molar-refractivity contribution is -0.137. The van der Waals surface area contributed by atoms with Gasteiger partial charge in [-0.3, -0.25) is 9.48 Å². The molecule has 0 amide bonds. The first-order chi connectivity index (χ1) is 8.45. The molecule has 6 heteroatoms. The van der Waals surface area contributed by atoms with Crippen molar-refractivity contribution in [2.75, 3.05) is 13.6 Å². The molecule has 0 atom stereocenters.